The van der Waals surface area contributed by atoms with Crippen molar-refractivity contribution in [1.29, 1.82) is 0 Å². The molecule has 0 spiro atoms. The van der Waals surface area contributed by atoms with Gasteiger partial charge in [0.1, 0.15) is 0 Å². The van der Waals surface area contributed by atoms with Crippen molar-refractivity contribution in [3.8, 4) is 0 Å². The Labute approximate surface area is 157 Å². The van der Waals surface area contributed by atoms with Gasteiger partial charge in [-0.2, -0.15) is 0 Å². The molecule has 2 aromatic carbocycles. The zero-order chi connectivity index (χ0) is 20.2. The molecule has 7 heteroatoms. The van der Waals surface area contributed by atoms with Crippen LogP contribution in [0.25, 0.3) is 0 Å². The molecular weight excluding hydrogens is 348 g/mol. The number of carboxylic acid groups (broad SMARTS) is 1. The third-order valence-electron chi connectivity index (χ3n) is 4.18. The summed E-state index contributed by atoms with van der Waals surface area (Å²) in [7, 11) is 0. The Kier molecular flexibility index (Phi) is 5.95. The van der Waals surface area contributed by atoms with Gasteiger partial charge in [0.2, 0.25) is 0 Å². The maximum absolute atomic E-state index is 12.5. The molecule has 2 rings (SSSR count). The molecule has 0 fully saturated rings. The van der Waals surface area contributed by atoms with Crippen LogP contribution in [0.2, 0.25) is 0 Å². The van der Waals surface area contributed by atoms with Gasteiger partial charge in [-0.25, -0.2) is 0 Å². The molecule has 0 saturated carbocycles. The number of nitrogens with one attached hydrogen (secondary N) is 1. The van der Waals surface area contributed by atoms with Crippen molar-refractivity contribution in [2.24, 2.45) is 0 Å². The number of hydrogen-bond donors (Lipinski definition) is 2. The molecule has 7 nitrogen and oxygen atoms in total. The molecule has 1 amide bonds. The molecule has 2 N–H and O–H groups in total. The molecule has 2 aromatic rings. The van der Waals surface area contributed by atoms with Crippen LogP contribution >= 0.6 is 0 Å². The van der Waals surface area contributed by atoms with Gasteiger partial charge in [-0.1, -0.05) is 51.1 Å². The summed E-state index contributed by atoms with van der Waals surface area (Å²) in [4.78, 5) is 34.0. The first kappa shape index (κ1) is 20.1. The largest absolute Gasteiger partial charge is 0.481 e. The fraction of sp³-hybridized carbons (Fsp3) is 0.300. The summed E-state index contributed by atoms with van der Waals surface area (Å²) in [5, 5.41) is 22.7. The second-order valence-electron chi connectivity index (χ2n) is 7.30. The minimum Gasteiger partial charge on any atom is -0.481 e. The maximum atomic E-state index is 12.5. The SMILES string of the molecule is CC(C)(C)c1ccc(C(CC(=O)O)NC(=O)c2cccc([N+](=O)[O-])c2)cc1. The summed E-state index contributed by atoms with van der Waals surface area (Å²) >= 11 is 0. The zero-order valence-corrected chi connectivity index (χ0v) is 15.4. The van der Waals surface area contributed by atoms with E-state index in [-0.39, 0.29) is 23.1 Å². The fourth-order valence-corrected chi connectivity index (χ4v) is 2.64. The number of nitro benzene ring substituents is 1. The van der Waals surface area contributed by atoms with Gasteiger partial charge in [-0.3, -0.25) is 19.7 Å². The number of non-ortho nitro benzene ring substituents is 1. The highest BCUT2D eigenvalue weighted by atomic mass is 16.6. The van der Waals surface area contributed by atoms with Crippen molar-refractivity contribution in [2.45, 2.75) is 38.6 Å². The van der Waals surface area contributed by atoms with E-state index < -0.39 is 22.8 Å². The Morgan fingerprint density at radius 1 is 1.15 bits per heavy atom. The summed E-state index contributed by atoms with van der Waals surface area (Å²) in [5.74, 6) is -1.62. The van der Waals surface area contributed by atoms with Crippen molar-refractivity contribution in [3.05, 3.63) is 75.3 Å². The number of benzene rings is 2. The highest BCUT2D eigenvalue weighted by molar-refractivity contribution is 5.95. The predicted octanol–water partition coefficient (Wildman–Crippen LogP) is 3.84. The molecule has 27 heavy (non-hydrogen) atoms. The number of amides is 1. The first-order valence-corrected chi connectivity index (χ1v) is 8.45. The third-order valence-corrected chi connectivity index (χ3v) is 4.18. The molecule has 0 aliphatic carbocycles. The van der Waals surface area contributed by atoms with Crippen molar-refractivity contribution < 1.29 is 19.6 Å². The van der Waals surface area contributed by atoms with E-state index >= 15 is 0 Å². The van der Waals surface area contributed by atoms with Crippen LogP contribution in [0.3, 0.4) is 0 Å². The average Bonchev–Trinajstić information content (AvgIpc) is 2.60. The first-order valence-electron chi connectivity index (χ1n) is 8.45. The van der Waals surface area contributed by atoms with Crippen LogP contribution in [-0.4, -0.2) is 21.9 Å². The molecule has 0 aliphatic rings. The number of rotatable bonds is 6. The number of nitrogens with zero attached hydrogens (tertiary/aromatic N) is 1. The Balaban J connectivity index is 2.26. The van der Waals surface area contributed by atoms with Gasteiger partial charge in [0.05, 0.1) is 17.4 Å². The van der Waals surface area contributed by atoms with Crippen LogP contribution in [0, 0.1) is 10.1 Å². The van der Waals surface area contributed by atoms with E-state index in [1.165, 1.54) is 18.2 Å². The monoisotopic (exact) mass is 370 g/mol. The van der Waals surface area contributed by atoms with Crippen LogP contribution in [-0.2, 0) is 10.2 Å². The lowest BCUT2D eigenvalue weighted by molar-refractivity contribution is -0.384. The molecule has 0 heterocycles. The fourth-order valence-electron chi connectivity index (χ4n) is 2.64. The summed E-state index contributed by atoms with van der Waals surface area (Å²) in [6, 6.07) is 12.0. The Hall–Kier alpha value is -3.22. The smallest absolute Gasteiger partial charge is 0.305 e. The average molecular weight is 370 g/mol. The molecule has 142 valence electrons. The van der Waals surface area contributed by atoms with Crippen LogP contribution in [0.1, 0.15) is 54.7 Å². The van der Waals surface area contributed by atoms with E-state index in [0.29, 0.717) is 5.56 Å². The second kappa shape index (κ2) is 7.99. The first-order chi connectivity index (χ1) is 12.6. The normalized spacial score (nSPS) is 12.3. The summed E-state index contributed by atoms with van der Waals surface area (Å²) < 4.78 is 0. The number of carboxylic acids is 1. The maximum Gasteiger partial charge on any atom is 0.305 e. The Morgan fingerprint density at radius 2 is 1.78 bits per heavy atom. The number of carbonyl (C=O) groups excluding carboxylic acids is 1. The van der Waals surface area contributed by atoms with E-state index in [1.807, 2.05) is 12.1 Å². The number of aliphatic carboxylic acids is 1. The summed E-state index contributed by atoms with van der Waals surface area (Å²) in [6.07, 6.45) is -0.296. The van der Waals surface area contributed by atoms with Gasteiger partial charge in [-0.05, 0) is 22.6 Å². The highest BCUT2D eigenvalue weighted by Crippen LogP contribution is 2.25. The van der Waals surface area contributed by atoms with E-state index in [0.717, 1.165) is 11.6 Å². The molecule has 1 unspecified atom stereocenters. The van der Waals surface area contributed by atoms with Crippen LogP contribution in [0.4, 0.5) is 5.69 Å². The molecule has 0 bridgehead atoms. The van der Waals surface area contributed by atoms with Crippen molar-refractivity contribution >= 4 is 17.6 Å². The van der Waals surface area contributed by atoms with Gasteiger partial charge in [0, 0.05) is 17.7 Å². The zero-order valence-electron chi connectivity index (χ0n) is 15.4. The third kappa shape index (κ3) is 5.37. The van der Waals surface area contributed by atoms with Crippen LogP contribution < -0.4 is 5.32 Å². The number of nitro groups is 1. The van der Waals surface area contributed by atoms with Gasteiger partial charge >= 0.3 is 5.97 Å². The lowest BCUT2D eigenvalue weighted by Crippen LogP contribution is -2.30. The van der Waals surface area contributed by atoms with Crippen molar-refractivity contribution in [2.75, 3.05) is 0 Å². The molecule has 0 radical (unpaired) electrons. The predicted molar refractivity (Wildman–Crippen MR) is 101 cm³/mol. The molecule has 0 aliphatic heterocycles. The number of carbonyl (C=O) groups is 2. The topological polar surface area (TPSA) is 110 Å². The standard InChI is InChI=1S/C20H22N2O5/c1-20(2,3)15-9-7-13(8-10-15)17(12-18(23)24)21-19(25)14-5-4-6-16(11-14)22(26)27/h4-11,17H,12H2,1-3H3,(H,21,25)(H,23,24). The van der Waals surface area contributed by atoms with Gasteiger partial charge in [0.25, 0.3) is 11.6 Å². The molecule has 0 aromatic heterocycles. The van der Waals surface area contributed by atoms with Gasteiger partial charge in [-0.15, -0.1) is 0 Å². The second-order valence-corrected chi connectivity index (χ2v) is 7.30. The van der Waals surface area contributed by atoms with Gasteiger partial charge in [0.15, 0.2) is 0 Å². The molecular formula is C20H22N2O5. The summed E-state index contributed by atoms with van der Waals surface area (Å²) in [5.41, 5.74) is 1.60. The van der Waals surface area contributed by atoms with Crippen LogP contribution in [0.5, 0.6) is 0 Å². The minimum absolute atomic E-state index is 0.0486. The van der Waals surface area contributed by atoms with Crippen molar-refractivity contribution in [3.63, 3.8) is 0 Å². The Morgan fingerprint density at radius 3 is 2.30 bits per heavy atom. The lowest BCUT2D eigenvalue weighted by Gasteiger charge is -2.22. The van der Waals surface area contributed by atoms with E-state index in [1.54, 1.807) is 12.1 Å². The molecule has 0 saturated heterocycles. The van der Waals surface area contributed by atoms with E-state index in [2.05, 4.69) is 26.1 Å². The van der Waals surface area contributed by atoms with Crippen LogP contribution in [0.15, 0.2) is 48.5 Å². The minimum atomic E-state index is -1.06. The van der Waals surface area contributed by atoms with Crippen molar-refractivity contribution in [1.82, 2.24) is 5.32 Å². The molecule has 1 atom stereocenters. The van der Waals surface area contributed by atoms with E-state index in [4.69, 9.17) is 0 Å². The summed E-state index contributed by atoms with van der Waals surface area (Å²) in [6.45, 7) is 6.21. The number of hydrogen-bond acceptors (Lipinski definition) is 4. The van der Waals surface area contributed by atoms with E-state index in [9.17, 15) is 24.8 Å². The lowest BCUT2D eigenvalue weighted by atomic mass is 9.86. The Bertz CT molecular complexity index is 853. The quantitative estimate of drug-likeness (QED) is 0.593. The highest BCUT2D eigenvalue weighted by Gasteiger charge is 2.21. The van der Waals surface area contributed by atoms with Gasteiger partial charge < -0.3 is 10.4 Å².